The molecule has 2 N–H and O–H groups in total. The van der Waals surface area contributed by atoms with Crippen LogP contribution in [0.2, 0.25) is 0 Å². The Labute approximate surface area is 165 Å². The molecule has 8 heteroatoms. The lowest BCUT2D eigenvalue weighted by Crippen LogP contribution is -2.44. The number of benzene rings is 1. The number of carbonyl (C=O) groups is 1. The number of methoxy groups -OCH3 is 1. The minimum Gasteiger partial charge on any atom is -0.497 e. The zero-order chi connectivity index (χ0) is 20.1. The molecule has 2 heterocycles. The molecule has 8 nitrogen and oxygen atoms in total. The molecular formula is C20H30N2O6. The summed E-state index contributed by atoms with van der Waals surface area (Å²) in [5, 5.41) is 5.62. The highest BCUT2D eigenvalue weighted by Crippen LogP contribution is 2.38. The highest BCUT2D eigenvalue weighted by molar-refractivity contribution is 5.89. The van der Waals surface area contributed by atoms with Gasteiger partial charge in [-0.1, -0.05) is 13.3 Å². The number of ether oxygens (including phenoxy) is 5. The van der Waals surface area contributed by atoms with Gasteiger partial charge < -0.3 is 34.3 Å². The third-order valence-electron chi connectivity index (χ3n) is 4.71. The number of anilines is 1. The maximum absolute atomic E-state index is 12.2. The van der Waals surface area contributed by atoms with E-state index in [0.29, 0.717) is 18.8 Å². The number of urea groups is 1. The van der Waals surface area contributed by atoms with Crippen molar-refractivity contribution in [1.82, 2.24) is 5.32 Å². The van der Waals surface area contributed by atoms with Crippen LogP contribution in [-0.4, -0.2) is 56.7 Å². The van der Waals surface area contributed by atoms with Gasteiger partial charge in [0.2, 0.25) is 0 Å². The van der Waals surface area contributed by atoms with E-state index in [0.717, 1.165) is 18.6 Å². The molecule has 3 rings (SSSR count). The topological polar surface area (TPSA) is 87.3 Å². The molecule has 0 bridgehead atoms. The molecule has 0 spiro atoms. The van der Waals surface area contributed by atoms with Crippen molar-refractivity contribution in [2.45, 2.75) is 64.0 Å². The van der Waals surface area contributed by atoms with E-state index in [2.05, 4.69) is 17.6 Å². The number of hydrogen-bond acceptors (Lipinski definition) is 6. The van der Waals surface area contributed by atoms with Crippen molar-refractivity contribution < 1.29 is 28.5 Å². The molecule has 0 aromatic heterocycles. The first-order chi connectivity index (χ1) is 13.4. The molecule has 0 saturated carbocycles. The zero-order valence-electron chi connectivity index (χ0n) is 16.9. The van der Waals surface area contributed by atoms with Crippen molar-refractivity contribution in [1.29, 1.82) is 0 Å². The highest BCUT2D eigenvalue weighted by Gasteiger charge is 2.55. The van der Waals surface area contributed by atoms with Gasteiger partial charge in [0.15, 0.2) is 12.1 Å². The quantitative estimate of drug-likeness (QED) is 0.660. The average molecular weight is 394 g/mol. The molecule has 2 saturated heterocycles. The summed E-state index contributed by atoms with van der Waals surface area (Å²) in [6.07, 6.45) is 0.569. The van der Waals surface area contributed by atoms with Crippen LogP contribution in [0.1, 0.15) is 33.6 Å². The van der Waals surface area contributed by atoms with E-state index in [4.69, 9.17) is 23.7 Å². The van der Waals surface area contributed by atoms with Gasteiger partial charge in [-0.05, 0) is 44.5 Å². The Kier molecular flexibility index (Phi) is 6.77. The van der Waals surface area contributed by atoms with Gasteiger partial charge in [-0.15, -0.1) is 0 Å². The number of carbonyl (C=O) groups excluding carboxylic acids is 1. The lowest BCUT2D eigenvalue weighted by molar-refractivity contribution is -0.217. The number of hydrogen-bond donors (Lipinski definition) is 2. The number of amides is 2. The van der Waals surface area contributed by atoms with Gasteiger partial charge in [-0.3, -0.25) is 0 Å². The molecule has 2 aliphatic rings. The van der Waals surface area contributed by atoms with Crippen LogP contribution in [0.15, 0.2) is 24.3 Å². The Morgan fingerprint density at radius 1 is 1.21 bits per heavy atom. The molecule has 0 radical (unpaired) electrons. The predicted molar refractivity (Wildman–Crippen MR) is 103 cm³/mol. The van der Waals surface area contributed by atoms with Crippen molar-refractivity contribution in [2.75, 3.05) is 25.6 Å². The van der Waals surface area contributed by atoms with Gasteiger partial charge in [-0.2, -0.15) is 0 Å². The summed E-state index contributed by atoms with van der Waals surface area (Å²) in [6.45, 7) is 6.73. The van der Waals surface area contributed by atoms with E-state index in [1.54, 1.807) is 31.4 Å². The van der Waals surface area contributed by atoms with Crippen molar-refractivity contribution in [3.05, 3.63) is 24.3 Å². The summed E-state index contributed by atoms with van der Waals surface area (Å²) in [6, 6.07) is 6.79. The minimum absolute atomic E-state index is 0.291. The SMILES string of the molecule is CCCCO[C@@H]1[C@H]2OC(C)(C)O[C@H]2O[C@H]1CNC(=O)Nc1ccc(OC)cc1. The molecule has 1 aromatic carbocycles. The first kappa shape index (κ1) is 20.9. The number of nitrogens with one attached hydrogen (secondary N) is 2. The third-order valence-corrected chi connectivity index (χ3v) is 4.71. The van der Waals surface area contributed by atoms with E-state index in [1.165, 1.54) is 0 Å². The van der Waals surface area contributed by atoms with Gasteiger partial charge in [-0.25, -0.2) is 4.79 Å². The Morgan fingerprint density at radius 3 is 2.64 bits per heavy atom. The minimum atomic E-state index is -0.703. The first-order valence-electron chi connectivity index (χ1n) is 9.73. The average Bonchev–Trinajstić information content (AvgIpc) is 3.13. The van der Waals surface area contributed by atoms with E-state index in [1.807, 2.05) is 13.8 Å². The fourth-order valence-corrected chi connectivity index (χ4v) is 3.32. The molecule has 156 valence electrons. The van der Waals surface area contributed by atoms with Crippen LogP contribution in [0.25, 0.3) is 0 Å². The van der Waals surface area contributed by atoms with Crippen molar-refractivity contribution >= 4 is 11.7 Å². The second kappa shape index (κ2) is 9.09. The molecule has 2 fully saturated rings. The largest absolute Gasteiger partial charge is 0.497 e. The van der Waals surface area contributed by atoms with E-state index < -0.39 is 12.1 Å². The Hall–Kier alpha value is -1.87. The second-order valence-electron chi connectivity index (χ2n) is 7.40. The fourth-order valence-electron chi connectivity index (χ4n) is 3.32. The Bertz CT molecular complexity index is 651. The maximum atomic E-state index is 12.2. The number of unbranched alkanes of at least 4 members (excludes halogenated alkanes) is 1. The lowest BCUT2D eigenvalue weighted by atomic mass is 10.1. The molecule has 4 atom stereocenters. The second-order valence-corrected chi connectivity index (χ2v) is 7.40. The third kappa shape index (κ3) is 5.14. The van der Waals surface area contributed by atoms with Gasteiger partial charge in [0.25, 0.3) is 0 Å². The van der Waals surface area contributed by atoms with Gasteiger partial charge in [0.05, 0.1) is 7.11 Å². The zero-order valence-corrected chi connectivity index (χ0v) is 16.9. The van der Waals surface area contributed by atoms with E-state index >= 15 is 0 Å². The van der Waals surface area contributed by atoms with Crippen LogP contribution in [0.3, 0.4) is 0 Å². The van der Waals surface area contributed by atoms with Crippen LogP contribution in [0.4, 0.5) is 10.5 Å². The van der Waals surface area contributed by atoms with Crippen molar-refractivity contribution in [2.24, 2.45) is 0 Å². The van der Waals surface area contributed by atoms with Gasteiger partial charge in [0.1, 0.15) is 24.1 Å². The number of fused-ring (bicyclic) bond motifs is 1. The molecule has 0 unspecified atom stereocenters. The molecule has 2 aliphatic heterocycles. The Balaban J connectivity index is 1.53. The normalized spacial score (nSPS) is 28.0. The molecule has 28 heavy (non-hydrogen) atoms. The standard InChI is InChI=1S/C20H30N2O6/c1-5-6-11-25-16-15(26-18-17(16)27-20(2,3)28-18)12-21-19(23)22-13-7-9-14(24-4)10-8-13/h7-10,15-18H,5-6,11-12H2,1-4H3,(H2,21,22,23)/t15-,16-,17+,18+/m0/s1. The summed E-state index contributed by atoms with van der Waals surface area (Å²) in [5.41, 5.74) is 0.673. The van der Waals surface area contributed by atoms with Crippen LogP contribution < -0.4 is 15.4 Å². The monoisotopic (exact) mass is 394 g/mol. The van der Waals surface area contributed by atoms with Crippen molar-refractivity contribution in [3.63, 3.8) is 0 Å². The molecular weight excluding hydrogens is 364 g/mol. The smallest absolute Gasteiger partial charge is 0.319 e. The number of rotatable bonds is 8. The lowest BCUT2D eigenvalue weighted by Gasteiger charge is -2.26. The van der Waals surface area contributed by atoms with Gasteiger partial charge >= 0.3 is 6.03 Å². The van der Waals surface area contributed by atoms with Gasteiger partial charge in [0, 0.05) is 18.8 Å². The van der Waals surface area contributed by atoms with Crippen LogP contribution in [0.5, 0.6) is 5.75 Å². The maximum Gasteiger partial charge on any atom is 0.319 e. The Morgan fingerprint density at radius 2 is 1.96 bits per heavy atom. The summed E-state index contributed by atoms with van der Waals surface area (Å²) in [5.74, 6) is 0.0260. The van der Waals surface area contributed by atoms with E-state index in [-0.39, 0.29) is 24.3 Å². The molecule has 2 amide bonds. The summed E-state index contributed by atoms with van der Waals surface area (Å²) < 4.78 is 28.9. The summed E-state index contributed by atoms with van der Waals surface area (Å²) in [4.78, 5) is 12.2. The van der Waals surface area contributed by atoms with E-state index in [9.17, 15) is 4.79 Å². The van der Waals surface area contributed by atoms with Crippen LogP contribution >= 0.6 is 0 Å². The summed E-state index contributed by atoms with van der Waals surface area (Å²) >= 11 is 0. The predicted octanol–water partition coefficient (Wildman–Crippen LogP) is 2.88. The first-order valence-corrected chi connectivity index (χ1v) is 9.73. The van der Waals surface area contributed by atoms with Crippen molar-refractivity contribution in [3.8, 4) is 5.75 Å². The molecule has 0 aliphatic carbocycles. The van der Waals surface area contributed by atoms with Crippen LogP contribution in [0, 0.1) is 0 Å². The molecule has 1 aromatic rings. The summed E-state index contributed by atoms with van der Waals surface area (Å²) in [7, 11) is 1.60. The fraction of sp³-hybridized carbons (Fsp3) is 0.650. The highest BCUT2D eigenvalue weighted by atomic mass is 16.8. The van der Waals surface area contributed by atoms with Crippen LogP contribution in [-0.2, 0) is 18.9 Å².